The molecule has 10 aromatic carbocycles. The number of hydrogen-bond acceptors (Lipinski definition) is 2. The van der Waals surface area contributed by atoms with Crippen LogP contribution >= 0.6 is 11.3 Å². The van der Waals surface area contributed by atoms with Crippen molar-refractivity contribution in [1.82, 2.24) is 0 Å². The van der Waals surface area contributed by atoms with Gasteiger partial charge in [0.15, 0.2) is 0 Å². The molecule has 0 saturated heterocycles. The SMILES string of the molecule is c1ccc(N(c2ccc(-c3cccc(-c4ccc5c6ccccc6c6ccccc6c5c4)c3)cc2)c2ccc(-c3cccc4c3sc3ccccc34)cc2)cc1. The summed E-state index contributed by atoms with van der Waals surface area (Å²) in [7, 11) is 0. The maximum absolute atomic E-state index is 2.37. The highest BCUT2D eigenvalue weighted by molar-refractivity contribution is 7.26. The second-order valence-electron chi connectivity index (χ2n) is 14.5. The molecule has 11 rings (SSSR count). The van der Waals surface area contributed by atoms with E-state index in [2.05, 4.69) is 217 Å². The van der Waals surface area contributed by atoms with E-state index in [1.807, 2.05) is 11.3 Å². The van der Waals surface area contributed by atoms with E-state index >= 15 is 0 Å². The van der Waals surface area contributed by atoms with Gasteiger partial charge < -0.3 is 4.90 Å². The molecule has 0 spiro atoms. The van der Waals surface area contributed by atoms with Gasteiger partial charge in [-0.15, -0.1) is 11.3 Å². The molecule has 0 aliphatic rings. The van der Waals surface area contributed by atoms with Crippen molar-refractivity contribution in [2.24, 2.45) is 0 Å². The lowest BCUT2D eigenvalue weighted by Crippen LogP contribution is -2.09. The Kier molecular flexibility index (Phi) is 7.75. The van der Waals surface area contributed by atoms with Gasteiger partial charge in [-0.2, -0.15) is 0 Å². The zero-order valence-electron chi connectivity index (χ0n) is 30.6. The van der Waals surface area contributed by atoms with Crippen LogP contribution in [0.5, 0.6) is 0 Å². The van der Waals surface area contributed by atoms with Crippen LogP contribution in [0.1, 0.15) is 0 Å². The number of para-hydroxylation sites is 1. The summed E-state index contributed by atoms with van der Waals surface area (Å²) in [5, 5.41) is 10.4. The van der Waals surface area contributed by atoms with Gasteiger partial charge in [0.05, 0.1) is 0 Å². The molecular formula is C54H35NS. The van der Waals surface area contributed by atoms with Crippen LogP contribution in [0.3, 0.4) is 0 Å². The standard InChI is InChI=1S/C54H35NS/c1-2-14-41(15-3-1)55(43-31-26-37(27-32-43)44-21-11-22-51-50-20-8-9-23-53(50)56-54(44)51)42-29-24-36(25-30-42)38-12-10-13-39(34-38)40-28-33-49-47-18-5-4-16-45(47)46-17-6-7-19-48(46)52(49)35-40/h1-35H. The molecule has 0 bridgehead atoms. The molecule has 0 unspecified atom stereocenters. The molecule has 1 heterocycles. The van der Waals surface area contributed by atoms with Crippen LogP contribution < -0.4 is 4.90 Å². The van der Waals surface area contributed by atoms with Gasteiger partial charge in [-0.25, -0.2) is 0 Å². The second kappa shape index (κ2) is 13.4. The van der Waals surface area contributed by atoms with Gasteiger partial charge in [-0.3, -0.25) is 0 Å². The second-order valence-corrected chi connectivity index (χ2v) is 15.5. The minimum Gasteiger partial charge on any atom is -0.311 e. The van der Waals surface area contributed by atoms with Crippen LogP contribution in [-0.4, -0.2) is 0 Å². The number of nitrogens with zero attached hydrogens (tertiary/aromatic N) is 1. The molecular weight excluding hydrogens is 695 g/mol. The Labute approximate surface area is 330 Å². The molecule has 0 aliphatic carbocycles. The minimum absolute atomic E-state index is 1.11. The van der Waals surface area contributed by atoms with Crippen LogP contribution in [-0.2, 0) is 0 Å². The van der Waals surface area contributed by atoms with E-state index < -0.39 is 0 Å². The molecule has 11 aromatic rings. The summed E-state index contributed by atoms with van der Waals surface area (Å²) in [6, 6.07) is 77.5. The molecule has 0 amide bonds. The van der Waals surface area contributed by atoms with Crippen molar-refractivity contribution in [3.05, 3.63) is 212 Å². The van der Waals surface area contributed by atoms with Crippen molar-refractivity contribution in [3.63, 3.8) is 0 Å². The summed E-state index contributed by atoms with van der Waals surface area (Å²) in [6.45, 7) is 0. The van der Waals surface area contributed by atoms with Crippen LogP contribution in [0.25, 0.3) is 85.9 Å². The number of thiophene rings is 1. The number of anilines is 3. The van der Waals surface area contributed by atoms with E-state index in [9.17, 15) is 0 Å². The van der Waals surface area contributed by atoms with Crippen molar-refractivity contribution in [1.29, 1.82) is 0 Å². The Hall–Kier alpha value is -7.00. The van der Waals surface area contributed by atoms with E-state index in [1.54, 1.807) is 0 Å². The van der Waals surface area contributed by atoms with Crippen LogP contribution in [0.4, 0.5) is 17.1 Å². The van der Waals surface area contributed by atoms with Crippen molar-refractivity contribution in [2.75, 3.05) is 4.90 Å². The average Bonchev–Trinajstić information content (AvgIpc) is 3.67. The largest absolute Gasteiger partial charge is 0.311 e. The molecule has 0 fully saturated rings. The van der Waals surface area contributed by atoms with E-state index in [1.165, 1.54) is 85.9 Å². The summed E-state index contributed by atoms with van der Waals surface area (Å²) >= 11 is 1.88. The van der Waals surface area contributed by atoms with Gasteiger partial charge in [-0.05, 0) is 120 Å². The molecule has 0 radical (unpaired) electrons. The zero-order chi connectivity index (χ0) is 37.0. The predicted molar refractivity (Wildman–Crippen MR) is 243 cm³/mol. The van der Waals surface area contributed by atoms with Crippen LogP contribution in [0.2, 0.25) is 0 Å². The first-order chi connectivity index (χ1) is 27.8. The van der Waals surface area contributed by atoms with Crippen molar-refractivity contribution in [2.45, 2.75) is 0 Å². The molecule has 0 N–H and O–H groups in total. The Morgan fingerprint density at radius 2 is 0.732 bits per heavy atom. The van der Waals surface area contributed by atoms with Gasteiger partial charge in [0.25, 0.3) is 0 Å². The predicted octanol–water partition coefficient (Wildman–Crippen LogP) is 16.0. The van der Waals surface area contributed by atoms with Crippen molar-refractivity contribution >= 4 is 80.9 Å². The highest BCUT2D eigenvalue weighted by Crippen LogP contribution is 2.42. The maximum atomic E-state index is 2.37. The molecule has 1 aromatic heterocycles. The van der Waals surface area contributed by atoms with E-state index in [4.69, 9.17) is 0 Å². The lowest BCUT2D eigenvalue weighted by Gasteiger charge is -2.26. The third-order valence-corrected chi connectivity index (χ3v) is 12.5. The fraction of sp³-hybridized carbons (Fsp3) is 0. The van der Waals surface area contributed by atoms with Crippen molar-refractivity contribution < 1.29 is 0 Å². The number of hydrogen-bond donors (Lipinski definition) is 0. The number of benzene rings is 10. The average molecular weight is 730 g/mol. The fourth-order valence-corrected chi connectivity index (χ4v) is 9.80. The van der Waals surface area contributed by atoms with Crippen LogP contribution in [0.15, 0.2) is 212 Å². The Balaban J connectivity index is 0.936. The molecule has 0 saturated carbocycles. The minimum atomic E-state index is 1.11. The summed E-state index contributed by atoms with van der Waals surface area (Å²) in [6.07, 6.45) is 0. The zero-order valence-corrected chi connectivity index (χ0v) is 31.4. The van der Waals surface area contributed by atoms with Gasteiger partial charge in [0.1, 0.15) is 0 Å². The number of rotatable bonds is 6. The quantitative estimate of drug-likeness (QED) is 0.154. The lowest BCUT2D eigenvalue weighted by molar-refractivity contribution is 1.28. The maximum Gasteiger partial charge on any atom is 0.0462 e. The molecule has 262 valence electrons. The molecule has 2 heteroatoms. The monoisotopic (exact) mass is 729 g/mol. The summed E-state index contributed by atoms with van der Waals surface area (Å²) < 4.78 is 2.66. The Bertz CT molecular complexity index is 3200. The summed E-state index contributed by atoms with van der Waals surface area (Å²) in [5.41, 5.74) is 10.7. The first-order valence-corrected chi connectivity index (χ1v) is 20.0. The fourth-order valence-electron chi connectivity index (χ4n) is 8.56. The Morgan fingerprint density at radius 3 is 1.41 bits per heavy atom. The van der Waals surface area contributed by atoms with Crippen molar-refractivity contribution in [3.8, 4) is 33.4 Å². The number of fused-ring (bicyclic) bond motifs is 9. The summed E-state index contributed by atoms with van der Waals surface area (Å²) in [5.74, 6) is 0. The smallest absolute Gasteiger partial charge is 0.0462 e. The first kappa shape index (κ1) is 32.4. The van der Waals surface area contributed by atoms with Crippen LogP contribution in [0, 0.1) is 0 Å². The topological polar surface area (TPSA) is 3.24 Å². The third kappa shape index (κ3) is 5.46. The summed E-state index contributed by atoms with van der Waals surface area (Å²) in [4.78, 5) is 2.34. The van der Waals surface area contributed by atoms with Gasteiger partial charge in [-0.1, -0.05) is 158 Å². The highest BCUT2D eigenvalue weighted by atomic mass is 32.1. The lowest BCUT2D eigenvalue weighted by atomic mass is 9.91. The van der Waals surface area contributed by atoms with E-state index in [-0.39, 0.29) is 0 Å². The van der Waals surface area contributed by atoms with Gasteiger partial charge >= 0.3 is 0 Å². The van der Waals surface area contributed by atoms with E-state index in [0.29, 0.717) is 0 Å². The van der Waals surface area contributed by atoms with Gasteiger partial charge in [0, 0.05) is 37.2 Å². The molecule has 0 atom stereocenters. The molecule has 0 aliphatic heterocycles. The third-order valence-electron chi connectivity index (χ3n) is 11.3. The first-order valence-electron chi connectivity index (χ1n) is 19.2. The van der Waals surface area contributed by atoms with Gasteiger partial charge in [0.2, 0.25) is 0 Å². The Morgan fingerprint density at radius 1 is 0.268 bits per heavy atom. The normalized spacial score (nSPS) is 11.6. The van der Waals surface area contributed by atoms with E-state index in [0.717, 1.165) is 17.1 Å². The molecule has 1 nitrogen and oxygen atoms in total. The molecule has 56 heavy (non-hydrogen) atoms. The highest BCUT2D eigenvalue weighted by Gasteiger charge is 2.15.